The molecule has 0 saturated heterocycles. The highest BCUT2D eigenvalue weighted by Crippen LogP contribution is 2.25. The number of aliphatic hydroxyl groups excluding tert-OH is 1. The number of hydrogen-bond donors (Lipinski definition) is 2. The van der Waals surface area contributed by atoms with Gasteiger partial charge in [0.2, 0.25) is 0 Å². The number of rotatable bonds is 6. The summed E-state index contributed by atoms with van der Waals surface area (Å²) in [5.74, 6) is -1.29. The molecule has 7 heteroatoms. The third kappa shape index (κ3) is 3.78. The lowest BCUT2D eigenvalue weighted by molar-refractivity contribution is -0.137. The third-order valence-corrected chi connectivity index (χ3v) is 4.68. The van der Waals surface area contributed by atoms with Crippen LogP contribution >= 0.6 is 0 Å². The van der Waals surface area contributed by atoms with Crippen molar-refractivity contribution < 1.29 is 24.2 Å². The van der Waals surface area contributed by atoms with Gasteiger partial charge < -0.3 is 15.2 Å². The topological polar surface area (TPSA) is 95.9 Å². The number of fused-ring (bicyclic) bond motifs is 1. The molecule has 4 rings (SSSR count). The summed E-state index contributed by atoms with van der Waals surface area (Å²) in [5.41, 5.74) is 0.577. The molecule has 0 spiro atoms. The fraction of sp³-hybridized carbons (Fsp3) is 0.0870. The summed E-state index contributed by atoms with van der Waals surface area (Å²) in [6.07, 6.45) is 1.14. The first-order chi connectivity index (χ1) is 14.6. The number of amides is 2. The zero-order chi connectivity index (χ0) is 21.1. The molecule has 2 amide bonds. The maximum Gasteiger partial charge on any atom is 0.345 e. The highest BCUT2D eigenvalue weighted by molar-refractivity contribution is 6.17. The first-order valence-electron chi connectivity index (χ1n) is 9.32. The minimum Gasteiger partial charge on any atom is -0.423 e. The van der Waals surface area contributed by atoms with Gasteiger partial charge in [0.05, 0.1) is 24.4 Å². The molecule has 0 bridgehead atoms. The molecule has 3 aromatic carbocycles. The van der Waals surface area contributed by atoms with Crippen molar-refractivity contribution in [2.75, 3.05) is 18.5 Å². The van der Waals surface area contributed by atoms with Crippen LogP contribution in [0.15, 0.2) is 78.5 Å². The Labute approximate surface area is 172 Å². The Morgan fingerprint density at radius 1 is 0.967 bits per heavy atom. The van der Waals surface area contributed by atoms with Gasteiger partial charge in [-0.25, -0.2) is 4.79 Å². The number of nitrogens with zero attached hydrogens (tertiary/aromatic N) is 1. The number of benzene rings is 3. The Hall–Kier alpha value is -3.97. The van der Waals surface area contributed by atoms with Gasteiger partial charge in [-0.2, -0.15) is 0 Å². The lowest BCUT2D eigenvalue weighted by Crippen LogP contribution is -2.34. The van der Waals surface area contributed by atoms with E-state index in [2.05, 4.69) is 5.32 Å². The van der Waals surface area contributed by atoms with Crippen molar-refractivity contribution in [1.29, 1.82) is 0 Å². The summed E-state index contributed by atoms with van der Waals surface area (Å²) < 4.78 is 5.53. The van der Waals surface area contributed by atoms with Crippen molar-refractivity contribution in [2.45, 2.75) is 0 Å². The highest BCUT2D eigenvalue weighted by Gasteiger charge is 2.31. The summed E-state index contributed by atoms with van der Waals surface area (Å²) in [4.78, 5) is 38.0. The van der Waals surface area contributed by atoms with Gasteiger partial charge in [0.25, 0.3) is 11.8 Å². The van der Waals surface area contributed by atoms with Crippen molar-refractivity contribution in [3.05, 3.63) is 84.1 Å². The van der Waals surface area contributed by atoms with E-state index in [-0.39, 0.29) is 24.4 Å². The average Bonchev–Trinajstić information content (AvgIpc) is 3.01. The van der Waals surface area contributed by atoms with Gasteiger partial charge >= 0.3 is 5.97 Å². The molecular formula is C23H18N2O5. The van der Waals surface area contributed by atoms with Crippen molar-refractivity contribution in [2.24, 2.45) is 0 Å². The zero-order valence-corrected chi connectivity index (χ0v) is 15.9. The second-order valence-corrected chi connectivity index (χ2v) is 6.65. The molecule has 30 heavy (non-hydrogen) atoms. The van der Waals surface area contributed by atoms with E-state index in [1.165, 1.54) is 0 Å². The summed E-state index contributed by atoms with van der Waals surface area (Å²) in [7, 11) is 0. The van der Waals surface area contributed by atoms with E-state index in [4.69, 9.17) is 9.84 Å². The Balaban J connectivity index is 1.55. The van der Waals surface area contributed by atoms with Gasteiger partial charge in [0, 0.05) is 6.08 Å². The SMILES string of the molecule is O=C(Oc1ccc2ccccc2c1)c1ccccc1NC1=CC(=O)N(CCO)C1=O. The minimum absolute atomic E-state index is 0.0272. The van der Waals surface area contributed by atoms with Gasteiger partial charge in [0.1, 0.15) is 11.4 Å². The molecule has 1 aliphatic heterocycles. The van der Waals surface area contributed by atoms with E-state index in [9.17, 15) is 14.4 Å². The Morgan fingerprint density at radius 2 is 1.70 bits per heavy atom. The van der Waals surface area contributed by atoms with Crippen LogP contribution in [-0.4, -0.2) is 40.9 Å². The summed E-state index contributed by atoms with van der Waals surface area (Å²) in [6.45, 7) is -0.418. The van der Waals surface area contributed by atoms with Gasteiger partial charge in [-0.05, 0) is 35.0 Å². The van der Waals surface area contributed by atoms with Crippen LogP contribution in [0.1, 0.15) is 10.4 Å². The summed E-state index contributed by atoms with van der Waals surface area (Å²) >= 11 is 0. The Kier molecular flexibility index (Phi) is 5.28. The second kappa shape index (κ2) is 8.18. The second-order valence-electron chi connectivity index (χ2n) is 6.65. The lowest BCUT2D eigenvalue weighted by Gasteiger charge is -2.15. The van der Waals surface area contributed by atoms with Crippen LogP contribution in [0.3, 0.4) is 0 Å². The summed E-state index contributed by atoms with van der Waals surface area (Å²) in [5, 5.41) is 13.8. The minimum atomic E-state index is -0.599. The highest BCUT2D eigenvalue weighted by atomic mass is 16.5. The standard InChI is InChI=1S/C23H18N2O5/c26-12-11-25-21(27)14-20(22(25)28)24-19-8-4-3-7-18(19)23(29)30-17-10-9-15-5-1-2-6-16(15)13-17/h1-10,13-14,24,26H,11-12H2. The first-order valence-corrected chi connectivity index (χ1v) is 9.32. The number of imide groups is 1. The van der Waals surface area contributed by atoms with Gasteiger partial charge in [-0.1, -0.05) is 42.5 Å². The maximum absolute atomic E-state index is 12.8. The predicted octanol–water partition coefficient (Wildman–Crippen LogP) is 2.72. The van der Waals surface area contributed by atoms with Crippen molar-refractivity contribution in [3.8, 4) is 5.75 Å². The van der Waals surface area contributed by atoms with E-state index < -0.39 is 17.8 Å². The van der Waals surface area contributed by atoms with Crippen molar-refractivity contribution >= 4 is 34.2 Å². The molecular weight excluding hydrogens is 384 g/mol. The molecule has 0 unspecified atom stereocenters. The molecule has 0 atom stereocenters. The smallest absolute Gasteiger partial charge is 0.345 e. The lowest BCUT2D eigenvalue weighted by atomic mass is 10.1. The van der Waals surface area contributed by atoms with Gasteiger partial charge in [-0.3, -0.25) is 14.5 Å². The molecule has 0 aliphatic carbocycles. The van der Waals surface area contributed by atoms with Gasteiger partial charge in [-0.15, -0.1) is 0 Å². The van der Waals surface area contributed by atoms with Crippen LogP contribution in [0.25, 0.3) is 10.8 Å². The van der Waals surface area contributed by atoms with Crippen LogP contribution < -0.4 is 10.1 Å². The van der Waals surface area contributed by atoms with E-state index in [1.54, 1.807) is 36.4 Å². The molecule has 0 radical (unpaired) electrons. The van der Waals surface area contributed by atoms with E-state index in [0.717, 1.165) is 21.7 Å². The number of esters is 1. The largest absolute Gasteiger partial charge is 0.423 e. The van der Waals surface area contributed by atoms with Crippen LogP contribution in [0.5, 0.6) is 5.75 Å². The molecule has 0 fully saturated rings. The van der Waals surface area contributed by atoms with Crippen molar-refractivity contribution in [1.82, 2.24) is 4.90 Å². The van der Waals surface area contributed by atoms with Crippen LogP contribution in [0, 0.1) is 0 Å². The van der Waals surface area contributed by atoms with Crippen LogP contribution in [0.2, 0.25) is 0 Å². The summed E-state index contributed by atoms with van der Waals surface area (Å²) in [6, 6.07) is 19.6. The number of β-amino-alcohol motifs (C(OH)–C–C–N with tert-alkyl or cyclic N) is 1. The fourth-order valence-corrected chi connectivity index (χ4v) is 3.22. The van der Waals surface area contributed by atoms with E-state index in [0.29, 0.717) is 11.4 Å². The molecule has 150 valence electrons. The number of carbonyl (C=O) groups excluding carboxylic acids is 3. The molecule has 7 nitrogen and oxygen atoms in total. The number of nitrogens with one attached hydrogen (secondary N) is 1. The zero-order valence-electron chi connectivity index (χ0n) is 15.9. The van der Waals surface area contributed by atoms with Crippen molar-refractivity contribution in [3.63, 3.8) is 0 Å². The molecule has 3 aromatic rings. The van der Waals surface area contributed by atoms with Crippen LogP contribution in [0.4, 0.5) is 5.69 Å². The normalized spacial score (nSPS) is 13.5. The fourth-order valence-electron chi connectivity index (χ4n) is 3.22. The predicted molar refractivity (Wildman–Crippen MR) is 111 cm³/mol. The Bertz CT molecular complexity index is 1180. The number of ether oxygens (including phenoxy) is 1. The number of aliphatic hydroxyl groups is 1. The monoisotopic (exact) mass is 402 g/mol. The average molecular weight is 402 g/mol. The number of carbonyl (C=O) groups is 3. The number of hydrogen-bond acceptors (Lipinski definition) is 6. The number of anilines is 1. The maximum atomic E-state index is 12.8. The first kappa shape index (κ1) is 19.4. The van der Waals surface area contributed by atoms with Crippen LogP contribution in [-0.2, 0) is 9.59 Å². The van der Waals surface area contributed by atoms with E-state index >= 15 is 0 Å². The third-order valence-electron chi connectivity index (χ3n) is 4.68. The molecule has 1 heterocycles. The Morgan fingerprint density at radius 3 is 2.50 bits per heavy atom. The number of para-hydroxylation sites is 1. The molecule has 2 N–H and O–H groups in total. The van der Waals surface area contributed by atoms with E-state index in [1.807, 2.05) is 30.3 Å². The molecule has 0 saturated carbocycles. The van der Waals surface area contributed by atoms with Gasteiger partial charge in [0.15, 0.2) is 0 Å². The quantitative estimate of drug-likeness (QED) is 0.374. The molecule has 0 aromatic heterocycles. The molecule has 1 aliphatic rings.